The van der Waals surface area contributed by atoms with Gasteiger partial charge in [0.1, 0.15) is 34.5 Å². The van der Waals surface area contributed by atoms with Gasteiger partial charge < -0.3 is 14.2 Å². The van der Waals surface area contributed by atoms with E-state index in [1.54, 1.807) is 0 Å². The molecular weight excluding hydrogens is 893 g/mol. The summed E-state index contributed by atoms with van der Waals surface area (Å²) in [4.78, 5) is 3.87. The predicted molar refractivity (Wildman–Crippen MR) is 200 cm³/mol. The molecule has 0 N–H and O–H groups in total. The summed E-state index contributed by atoms with van der Waals surface area (Å²) in [6, 6.07) is 45.8. The summed E-state index contributed by atoms with van der Waals surface area (Å²) in [5.74, 6) is 4.92. The van der Waals surface area contributed by atoms with Crippen molar-refractivity contribution < 1.29 is 14.2 Å². The Balaban J connectivity index is 1.24. The van der Waals surface area contributed by atoms with Crippen molar-refractivity contribution in [2.45, 2.75) is 14.7 Å². The molecule has 212 valence electrons. The molecule has 3 nitrogen and oxygen atoms in total. The third-order valence-electron chi connectivity index (χ3n) is 6.95. The number of hydrogen-bond acceptors (Lipinski definition) is 3. The third-order valence-corrected chi connectivity index (χ3v) is 11.7. The van der Waals surface area contributed by atoms with Crippen LogP contribution in [0.2, 0.25) is 0 Å². The summed E-state index contributed by atoms with van der Waals surface area (Å²) in [7, 11) is -0.769. The fourth-order valence-electron chi connectivity index (χ4n) is 4.97. The van der Waals surface area contributed by atoms with Crippen molar-refractivity contribution in [3.8, 4) is 45.6 Å². The van der Waals surface area contributed by atoms with E-state index >= 15 is 0 Å². The van der Waals surface area contributed by atoms with Gasteiger partial charge in [0, 0.05) is 20.5 Å². The standard InChI is InChI=1S/C36H23I3O3S/c37-23-1-7-26(8-2-23)40-29-13-17-32(18-14-29)43-35-19-15-30(41-27-9-3-24(38)4-10-27)21-33(35)34-22-31(16-20-36(34)43)42-28-11-5-25(39)6-12-28/h1-22,43H. The van der Waals surface area contributed by atoms with E-state index in [2.05, 4.69) is 153 Å². The van der Waals surface area contributed by atoms with Crippen LogP contribution in [0, 0.1) is 10.7 Å². The predicted octanol–water partition coefficient (Wildman–Crippen LogP) is 12.3. The normalized spacial score (nSPS) is 12.4. The number of ether oxygens (including phenoxy) is 3. The van der Waals surface area contributed by atoms with Gasteiger partial charge in [0.15, 0.2) is 0 Å². The summed E-state index contributed by atoms with van der Waals surface area (Å²) in [6.45, 7) is 0. The van der Waals surface area contributed by atoms with Gasteiger partial charge >= 0.3 is 0 Å². The van der Waals surface area contributed by atoms with E-state index < -0.39 is 10.9 Å². The summed E-state index contributed by atoms with van der Waals surface area (Å²) < 4.78 is 22.2. The lowest BCUT2D eigenvalue weighted by molar-refractivity contribution is 0.481. The Morgan fingerprint density at radius 2 is 0.651 bits per heavy atom. The van der Waals surface area contributed by atoms with E-state index in [9.17, 15) is 0 Å². The van der Waals surface area contributed by atoms with Gasteiger partial charge in [-0.1, -0.05) is 0 Å². The maximum Gasteiger partial charge on any atom is 0.128 e. The number of benzene rings is 6. The topological polar surface area (TPSA) is 27.7 Å². The molecule has 0 fully saturated rings. The highest BCUT2D eigenvalue weighted by Gasteiger charge is 2.28. The highest BCUT2D eigenvalue weighted by molar-refractivity contribution is 14.1. The molecule has 43 heavy (non-hydrogen) atoms. The average Bonchev–Trinajstić information content (AvgIpc) is 3.34. The van der Waals surface area contributed by atoms with Crippen molar-refractivity contribution in [3.63, 3.8) is 0 Å². The molecule has 0 aliphatic carbocycles. The van der Waals surface area contributed by atoms with Crippen molar-refractivity contribution in [2.75, 3.05) is 0 Å². The molecule has 1 heterocycles. The first-order valence-corrected chi connectivity index (χ1v) is 18.1. The zero-order valence-corrected chi connectivity index (χ0v) is 29.9. The van der Waals surface area contributed by atoms with Gasteiger partial charge in [0.2, 0.25) is 0 Å². The fraction of sp³-hybridized carbons (Fsp3) is 0. The lowest BCUT2D eigenvalue weighted by atomic mass is 10.1. The van der Waals surface area contributed by atoms with E-state index in [0.717, 1.165) is 34.5 Å². The molecule has 0 saturated carbocycles. The van der Waals surface area contributed by atoms with Crippen LogP contribution in [0.1, 0.15) is 0 Å². The van der Waals surface area contributed by atoms with E-state index in [1.165, 1.54) is 36.5 Å². The van der Waals surface area contributed by atoms with Gasteiger partial charge in [0.25, 0.3) is 0 Å². The third kappa shape index (κ3) is 6.54. The molecule has 0 bridgehead atoms. The maximum absolute atomic E-state index is 6.29. The molecule has 0 saturated heterocycles. The quantitative estimate of drug-likeness (QED) is 0.128. The molecule has 0 aromatic heterocycles. The maximum atomic E-state index is 6.29. The first-order chi connectivity index (χ1) is 21.0. The molecular formula is C36H23I3O3S. The zero-order chi connectivity index (χ0) is 29.3. The second kappa shape index (κ2) is 12.7. The Hall–Kier alpha value is -2.74. The van der Waals surface area contributed by atoms with Crippen molar-refractivity contribution in [1.29, 1.82) is 0 Å². The van der Waals surface area contributed by atoms with Crippen LogP contribution in [0.4, 0.5) is 0 Å². The van der Waals surface area contributed by atoms with Crippen molar-refractivity contribution in [2.24, 2.45) is 0 Å². The first-order valence-electron chi connectivity index (χ1n) is 13.5. The van der Waals surface area contributed by atoms with E-state index in [0.29, 0.717) is 0 Å². The summed E-state index contributed by atoms with van der Waals surface area (Å²) in [5.41, 5.74) is 2.35. The van der Waals surface area contributed by atoms with Gasteiger partial charge in [-0.3, -0.25) is 0 Å². The Morgan fingerprint density at radius 3 is 1.02 bits per heavy atom. The molecule has 7 heteroatoms. The number of fused-ring (bicyclic) bond motifs is 3. The highest BCUT2D eigenvalue weighted by Crippen LogP contribution is 2.63. The van der Waals surface area contributed by atoms with Crippen LogP contribution in [-0.2, 0) is 0 Å². The van der Waals surface area contributed by atoms with Crippen molar-refractivity contribution in [1.82, 2.24) is 0 Å². The highest BCUT2D eigenvalue weighted by atomic mass is 127. The van der Waals surface area contributed by atoms with Gasteiger partial charge in [-0.15, -0.1) is 0 Å². The number of halogens is 3. The molecule has 0 radical (unpaired) electrons. The number of rotatable bonds is 7. The van der Waals surface area contributed by atoms with Crippen LogP contribution >= 0.6 is 78.7 Å². The Labute approximate surface area is 294 Å². The van der Waals surface area contributed by atoms with E-state index in [4.69, 9.17) is 14.2 Å². The Morgan fingerprint density at radius 1 is 0.349 bits per heavy atom. The smallest absolute Gasteiger partial charge is 0.128 e. The minimum Gasteiger partial charge on any atom is -0.457 e. The van der Waals surface area contributed by atoms with Crippen molar-refractivity contribution >= 4 is 78.7 Å². The average molecular weight is 916 g/mol. The van der Waals surface area contributed by atoms with Crippen LogP contribution in [0.25, 0.3) is 11.1 Å². The van der Waals surface area contributed by atoms with Gasteiger partial charge in [-0.05, 0) is 217 Å². The van der Waals surface area contributed by atoms with Gasteiger partial charge in [-0.25, -0.2) is 0 Å². The Kier molecular flexibility index (Phi) is 8.57. The molecule has 1 aliphatic heterocycles. The Bertz CT molecular complexity index is 1810. The number of hydrogen-bond donors (Lipinski definition) is 1. The summed E-state index contributed by atoms with van der Waals surface area (Å²) in [6.07, 6.45) is 0. The molecule has 0 spiro atoms. The second-order valence-corrected chi connectivity index (χ2v) is 15.7. The van der Waals surface area contributed by atoms with Crippen LogP contribution in [-0.4, -0.2) is 0 Å². The van der Waals surface area contributed by atoms with E-state index in [-0.39, 0.29) is 0 Å². The largest absolute Gasteiger partial charge is 0.457 e. The molecule has 0 amide bonds. The lowest BCUT2D eigenvalue weighted by Crippen LogP contribution is -1.88. The van der Waals surface area contributed by atoms with Crippen LogP contribution in [0.3, 0.4) is 0 Å². The van der Waals surface area contributed by atoms with Crippen LogP contribution < -0.4 is 14.2 Å². The molecule has 1 aliphatic rings. The van der Waals surface area contributed by atoms with Crippen LogP contribution in [0.5, 0.6) is 34.5 Å². The molecule has 6 aromatic rings. The molecule has 0 atom stereocenters. The van der Waals surface area contributed by atoms with E-state index in [1.807, 2.05) is 48.5 Å². The molecule has 6 aromatic carbocycles. The monoisotopic (exact) mass is 916 g/mol. The fourth-order valence-corrected chi connectivity index (χ4v) is 8.61. The minimum absolute atomic E-state index is 0.769. The molecule has 7 rings (SSSR count). The minimum atomic E-state index is -0.769. The van der Waals surface area contributed by atoms with Gasteiger partial charge in [-0.2, -0.15) is 10.9 Å². The summed E-state index contributed by atoms with van der Waals surface area (Å²) >= 11 is 6.91. The zero-order valence-electron chi connectivity index (χ0n) is 22.5. The molecule has 0 unspecified atom stereocenters. The first kappa shape index (κ1) is 29.0. The summed E-state index contributed by atoms with van der Waals surface area (Å²) in [5, 5.41) is 0. The lowest BCUT2D eigenvalue weighted by Gasteiger charge is -2.20. The SMILES string of the molecule is Ic1ccc(Oc2ccc([SH]3c4ccc(Oc5ccc(I)cc5)cc4-c4cc(Oc5ccc(I)cc5)ccc43)cc2)cc1. The number of thiol groups is 1. The van der Waals surface area contributed by atoms with Crippen LogP contribution in [0.15, 0.2) is 148 Å². The van der Waals surface area contributed by atoms with Gasteiger partial charge in [0.05, 0.1) is 0 Å². The second-order valence-electron chi connectivity index (χ2n) is 9.86. The van der Waals surface area contributed by atoms with Crippen molar-refractivity contribution in [3.05, 3.63) is 144 Å².